The van der Waals surface area contributed by atoms with Gasteiger partial charge in [-0.25, -0.2) is 0 Å². The van der Waals surface area contributed by atoms with Crippen LogP contribution in [0.3, 0.4) is 0 Å². The van der Waals surface area contributed by atoms with E-state index >= 15 is 0 Å². The highest BCUT2D eigenvalue weighted by atomic mass is 35.5. The molecule has 1 atom stereocenters. The molecule has 1 unspecified atom stereocenters. The number of furan rings is 1. The summed E-state index contributed by atoms with van der Waals surface area (Å²) in [5.74, 6) is 0.868. The molecule has 2 nitrogen and oxygen atoms in total. The van der Waals surface area contributed by atoms with Crippen LogP contribution in [-0.2, 0) is 0 Å². The average molecular weight is 287 g/mol. The fraction of sp³-hybridized carbons (Fsp3) is 0.0833. The Morgan fingerprint density at radius 2 is 1.94 bits per heavy atom. The van der Waals surface area contributed by atoms with Gasteiger partial charge in [0.15, 0.2) is 12.0 Å². The Hall–Kier alpha value is -0.900. The molecular formula is C12H8Cl2O2S. The van der Waals surface area contributed by atoms with Gasteiger partial charge >= 0.3 is 0 Å². The zero-order valence-corrected chi connectivity index (χ0v) is 11.0. The first-order valence-corrected chi connectivity index (χ1v) is 6.07. The topological polar surface area (TPSA) is 30.2 Å². The summed E-state index contributed by atoms with van der Waals surface area (Å²) in [5.41, 5.74) is 0.856. The van der Waals surface area contributed by atoms with Crippen LogP contribution in [0.15, 0.2) is 34.7 Å². The Morgan fingerprint density at radius 3 is 2.53 bits per heavy atom. The molecule has 88 valence electrons. The predicted octanol–water partition coefficient (Wildman–Crippen LogP) is 4.42. The molecule has 2 rings (SSSR count). The van der Waals surface area contributed by atoms with E-state index in [-0.39, 0.29) is 11.0 Å². The maximum absolute atomic E-state index is 10.5. The Labute approximate surface area is 114 Å². The molecule has 0 radical (unpaired) electrons. The van der Waals surface area contributed by atoms with Crippen LogP contribution in [-0.4, -0.2) is 6.29 Å². The van der Waals surface area contributed by atoms with E-state index in [9.17, 15) is 4.79 Å². The number of benzene rings is 1. The van der Waals surface area contributed by atoms with E-state index < -0.39 is 0 Å². The van der Waals surface area contributed by atoms with Crippen LogP contribution < -0.4 is 0 Å². The second kappa shape index (κ2) is 5.17. The Bertz CT molecular complexity index is 551. The molecule has 0 aliphatic heterocycles. The summed E-state index contributed by atoms with van der Waals surface area (Å²) >= 11 is 16.2. The summed E-state index contributed by atoms with van der Waals surface area (Å²) in [7, 11) is 0. The number of hydrogen-bond acceptors (Lipinski definition) is 3. The van der Waals surface area contributed by atoms with E-state index in [1.165, 1.54) is 0 Å². The third-order valence-corrected chi connectivity index (χ3v) is 3.58. The van der Waals surface area contributed by atoms with Crippen LogP contribution in [0, 0.1) is 0 Å². The van der Waals surface area contributed by atoms with Gasteiger partial charge in [-0.2, -0.15) is 12.6 Å². The highest BCUT2D eigenvalue weighted by Crippen LogP contribution is 2.33. The average Bonchev–Trinajstić information content (AvgIpc) is 2.80. The van der Waals surface area contributed by atoms with Crippen LogP contribution in [0.4, 0.5) is 0 Å². The molecule has 0 N–H and O–H groups in total. The van der Waals surface area contributed by atoms with Gasteiger partial charge in [0.1, 0.15) is 5.76 Å². The molecule has 1 aromatic carbocycles. The maximum atomic E-state index is 10.5. The lowest BCUT2D eigenvalue weighted by molar-refractivity contribution is 0.109. The zero-order chi connectivity index (χ0) is 12.4. The number of carbonyl (C=O) groups is 1. The highest BCUT2D eigenvalue weighted by Gasteiger charge is 2.14. The van der Waals surface area contributed by atoms with Crippen molar-refractivity contribution >= 4 is 42.1 Å². The number of hydrogen-bond donors (Lipinski definition) is 1. The van der Waals surface area contributed by atoms with Gasteiger partial charge in [0.2, 0.25) is 0 Å². The molecule has 0 aliphatic rings. The van der Waals surface area contributed by atoms with Crippen LogP contribution in [0.25, 0.3) is 0 Å². The molecule has 0 saturated heterocycles. The van der Waals surface area contributed by atoms with Crippen molar-refractivity contribution < 1.29 is 9.21 Å². The molecule has 0 fully saturated rings. The Kier molecular flexibility index (Phi) is 3.82. The fourth-order valence-corrected chi connectivity index (χ4v) is 2.03. The maximum Gasteiger partial charge on any atom is 0.185 e. The van der Waals surface area contributed by atoms with Gasteiger partial charge in [0.25, 0.3) is 0 Å². The van der Waals surface area contributed by atoms with Gasteiger partial charge in [-0.1, -0.05) is 29.3 Å². The molecule has 1 heterocycles. The molecule has 5 heteroatoms. The summed E-state index contributed by atoms with van der Waals surface area (Å²) < 4.78 is 5.30. The van der Waals surface area contributed by atoms with Gasteiger partial charge in [-0.15, -0.1) is 0 Å². The van der Waals surface area contributed by atoms with Crippen LogP contribution in [0.1, 0.15) is 27.1 Å². The smallest absolute Gasteiger partial charge is 0.185 e. The first-order valence-electron chi connectivity index (χ1n) is 4.79. The first kappa shape index (κ1) is 12.6. The minimum absolute atomic E-state index is 0.277. The van der Waals surface area contributed by atoms with Crippen molar-refractivity contribution in [3.05, 3.63) is 57.5 Å². The molecule has 1 aromatic heterocycles. The van der Waals surface area contributed by atoms with Crippen molar-refractivity contribution in [2.45, 2.75) is 5.25 Å². The van der Waals surface area contributed by atoms with Crippen molar-refractivity contribution in [3.8, 4) is 0 Å². The van der Waals surface area contributed by atoms with Crippen molar-refractivity contribution in [1.29, 1.82) is 0 Å². The lowest BCUT2D eigenvalue weighted by Gasteiger charge is -2.09. The zero-order valence-electron chi connectivity index (χ0n) is 8.56. The van der Waals surface area contributed by atoms with Gasteiger partial charge in [-0.05, 0) is 29.8 Å². The van der Waals surface area contributed by atoms with Crippen molar-refractivity contribution in [2.75, 3.05) is 0 Å². The SMILES string of the molecule is O=Cc1ccc(C(S)c2ccc(Cl)c(Cl)c2)o1. The summed E-state index contributed by atoms with van der Waals surface area (Å²) in [4.78, 5) is 10.5. The summed E-state index contributed by atoms with van der Waals surface area (Å²) in [6, 6.07) is 8.55. The number of halogens is 2. The third-order valence-electron chi connectivity index (χ3n) is 2.29. The number of thiol groups is 1. The van der Waals surface area contributed by atoms with Crippen LogP contribution in [0.5, 0.6) is 0 Å². The monoisotopic (exact) mass is 286 g/mol. The van der Waals surface area contributed by atoms with Crippen LogP contribution in [0.2, 0.25) is 10.0 Å². The minimum Gasteiger partial charge on any atom is -0.457 e. The number of carbonyl (C=O) groups excluding carboxylic acids is 1. The quantitative estimate of drug-likeness (QED) is 0.669. The van der Waals surface area contributed by atoms with Gasteiger partial charge < -0.3 is 4.42 Å². The molecule has 0 spiro atoms. The molecule has 17 heavy (non-hydrogen) atoms. The van der Waals surface area contributed by atoms with Gasteiger partial charge in [0, 0.05) is 0 Å². The van der Waals surface area contributed by atoms with Crippen molar-refractivity contribution in [1.82, 2.24) is 0 Å². The van der Waals surface area contributed by atoms with E-state index in [2.05, 4.69) is 12.6 Å². The number of aldehydes is 1. The lowest BCUT2D eigenvalue weighted by Crippen LogP contribution is -1.91. The van der Waals surface area contributed by atoms with Gasteiger partial charge in [0.05, 0.1) is 15.3 Å². The van der Waals surface area contributed by atoms with E-state index in [1.807, 2.05) is 6.07 Å². The van der Waals surface area contributed by atoms with Gasteiger partial charge in [-0.3, -0.25) is 4.79 Å². The molecule has 2 aromatic rings. The van der Waals surface area contributed by atoms with E-state index in [1.54, 1.807) is 24.3 Å². The third kappa shape index (κ3) is 2.68. The standard InChI is InChI=1S/C12H8Cl2O2S/c13-9-3-1-7(5-10(9)14)12(17)11-4-2-8(6-15)16-11/h1-6,12,17H. The minimum atomic E-state index is -0.279. The predicted molar refractivity (Wildman–Crippen MR) is 71.4 cm³/mol. The van der Waals surface area contributed by atoms with Crippen molar-refractivity contribution in [2.24, 2.45) is 0 Å². The highest BCUT2D eigenvalue weighted by molar-refractivity contribution is 7.80. The fourth-order valence-electron chi connectivity index (χ4n) is 1.43. The molecule has 0 amide bonds. The summed E-state index contributed by atoms with van der Waals surface area (Å²) in [5, 5.41) is 0.674. The molecule has 0 aliphatic carbocycles. The second-order valence-electron chi connectivity index (χ2n) is 3.43. The normalized spacial score (nSPS) is 12.4. The number of rotatable bonds is 3. The summed E-state index contributed by atoms with van der Waals surface area (Å²) in [6.45, 7) is 0. The van der Waals surface area contributed by atoms with E-state index in [4.69, 9.17) is 27.6 Å². The first-order chi connectivity index (χ1) is 8.11. The molecule has 0 saturated carbocycles. The summed E-state index contributed by atoms with van der Waals surface area (Å²) in [6.07, 6.45) is 0.652. The van der Waals surface area contributed by atoms with Crippen LogP contribution >= 0.6 is 35.8 Å². The van der Waals surface area contributed by atoms with E-state index in [0.717, 1.165) is 5.56 Å². The van der Waals surface area contributed by atoms with E-state index in [0.29, 0.717) is 22.1 Å². The Balaban J connectivity index is 2.32. The van der Waals surface area contributed by atoms with Crippen molar-refractivity contribution in [3.63, 3.8) is 0 Å². The molecule has 0 bridgehead atoms. The largest absolute Gasteiger partial charge is 0.457 e. The molecular weight excluding hydrogens is 279 g/mol. The Morgan fingerprint density at radius 1 is 1.18 bits per heavy atom. The second-order valence-corrected chi connectivity index (χ2v) is 4.76. The lowest BCUT2D eigenvalue weighted by atomic mass is 10.1.